The number of halogens is 3. The van der Waals surface area contributed by atoms with Crippen molar-refractivity contribution in [3.63, 3.8) is 0 Å². The summed E-state index contributed by atoms with van der Waals surface area (Å²) in [7, 11) is 0. The molecule has 0 aliphatic rings. The number of hydrogen-bond donors (Lipinski definition) is 1. The van der Waals surface area contributed by atoms with Crippen LogP contribution in [-0.4, -0.2) is 24.2 Å². The molecule has 0 aliphatic heterocycles. The molecule has 0 aromatic heterocycles. The topological polar surface area (TPSA) is 61.5 Å². The average Bonchev–Trinajstić information content (AvgIpc) is 2.33. The molecule has 0 spiro atoms. The number of esters is 1. The summed E-state index contributed by atoms with van der Waals surface area (Å²) in [5.74, 6) is -0.679. The first kappa shape index (κ1) is 21.0. The normalized spacial score (nSPS) is 14.7. The molecule has 22 heavy (non-hydrogen) atoms. The second-order valence-electron chi connectivity index (χ2n) is 5.36. The van der Waals surface area contributed by atoms with Gasteiger partial charge in [0, 0.05) is 11.1 Å². The highest BCUT2D eigenvalue weighted by Gasteiger charge is 2.27. The first-order chi connectivity index (χ1) is 9.70. The van der Waals surface area contributed by atoms with Crippen LogP contribution in [0.4, 0.5) is 4.39 Å². The SMILES string of the molecule is CC(C)[C@@H](OC(=O)[C@H](C)N)[C@H](C)Oc1cc(F)cc(Cl)c1.Cl. The summed E-state index contributed by atoms with van der Waals surface area (Å²) < 4.78 is 24.3. The molecule has 0 aliphatic carbocycles. The van der Waals surface area contributed by atoms with Gasteiger partial charge in [-0.1, -0.05) is 25.4 Å². The first-order valence-corrected chi connectivity index (χ1v) is 7.17. The molecule has 4 nitrogen and oxygen atoms in total. The van der Waals surface area contributed by atoms with Gasteiger partial charge in [-0.25, -0.2) is 4.39 Å². The summed E-state index contributed by atoms with van der Waals surface area (Å²) in [4.78, 5) is 11.6. The van der Waals surface area contributed by atoms with Gasteiger partial charge in [-0.2, -0.15) is 0 Å². The number of carbonyl (C=O) groups excluding carboxylic acids is 1. The van der Waals surface area contributed by atoms with E-state index in [-0.39, 0.29) is 29.1 Å². The number of nitrogens with two attached hydrogens (primary N) is 1. The summed E-state index contributed by atoms with van der Waals surface area (Å²) in [6.45, 7) is 7.10. The quantitative estimate of drug-likeness (QED) is 0.794. The highest BCUT2D eigenvalue weighted by atomic mass is 35.5. The summed E-state index contributed by atoms with van der Waals surface area (Å²) >= 11 is 5.78. The van der Waals surface area contributed by atoms with E-state index in [4.69, 9.17) is 26.8 Å². The van der Waals surface area contributed by atoms with Gasteiger partial charge in [0.15, 0.2) is 0 Å². The zero-order valence-corrected chi connectivity index (χ0v) is 14.6. The first-order valence-electron chi connectivity index (χ1n) is 6.79. The number of carbonyl (C=O) groups is 1. The van der Waals surface area contributed by atoms with E-state index < -0.39 is 30.0 Å². The summed E-state index contributed by atoms with van der Waals surface area (Å²) in [5.41, 5.74) is 5.49. The van der Waals surface area contributed by atoms with E-state index in [2.05, 4.69) is 0 Å². The fraction of sp³-hybridized carbons (Fsp3) is 0.533. The second-order valence-corrected chi connectivity index (χ2v) is 5.80. The molecule has 1 aromatic carbocycles. The zero-order chi connectivity index (χ0) is 16.2. The fourth-order valence-corrected chi connectivity index (χ4v) is 2.11. The number of rotatable bonds is 6. The van der Waals surface area contributed by atoms with Crippen molar-refractivity contribution in [2.75, 3.05) is 0 Å². The molecular formula is C15H22Cl2FNO3. The van der Waals surface area contributed by atoms with Crippen molar-refractivity contribution in [1.29, 1.82) is 0 Å². The van der Waals surface area contributed by atoms with Crippen molar-refractivity contribution in [1.82, 2.24) is 0 Å². The van der Waals surface area contributed by atoms with E-state index in [0.29, 0.717) is 0 Å². The smallest absolute Gasteiger partial charge is 0.323 e. The van der Waals surface area contributed by atoms with E-state index >= 15 is 0 Å². The van der Waals surface area contributed by atoms with Gasteiger partial charge in [0.05, 0.1) is 0 Å². The zero-order valence-electron chi connectivity index (χ0n) is 13.0. The largest absolute Gasteiger partial charge is 0.487 e. The van der Waals surface area contributed by atoms with Gasteiger partial charge in [-0.3, -0.25) is 4.79 Å². The maximum absolute atomic E-state index is 13.3. The third kappa shape index (κ3) is 6.38. The lowest BCUT2D eigenvalue weighted by Crippen LogP contribution is -2.41. The van der Waals surface area contributed by atoms with E-state index in [0.717, 1.165) is 0 Å². The lowest BCUT2D eigenvalue weighted by atomic mass is 10.0. The Labute approximate surface area is 141 Å². The van der Waals surface area contributed by atoms with Crippen LogP contribution in [0, 0.1) is 11.7 Å². The van der Waals surface area contributed by atoms with Crippen molar-refractivity contribution in [3.05, 3.63) is 29.0 Å². The molecule has 1 aromatic rings. The van der Waals surface area contributed by atoms with Crippen molar-refractivity contribution in [3.8, 4) is 5.75 Å². The van der Waals surface area contributed by atoms with E-state index in [1.807, 2.05) is 13.8 Å². The molecule has 0 saturated heterocycles. The van der Waals surface area contributed by atoms with Crippen LogP contribution in [0.15, 0.2) is 18.2 Å². The summed E-state index contributed by atoms with van der Waals surface area (Å²) in [6, 6.07) is 3.22. The van der Waals surface area contributed by atoms with E-state index in [1.54, 1.807) is 13.8 Å². The van der Waals surface area contributed by atoms with Crippen LogP contribution in [0.2, 0.25) is 5.02 Å². The van der Waals surface area contributed by atoms with Crippen LogP contribution < -0.4 is 10.5 Å². The Hall–Kier alpha value is -1.04. The molecule has 0 unspecified atom stereocenters. The molecule has 126 valence electrons. The fourth-order valence-electron chi connectivity index (χ4n) is 1.89. The highest BCUT2D eigenvalue weighted by molar-refractivity contribution is 6.30. The minimum Gasteiger partial charge on any atom is -0.487 e. The lowest BCUT2D eigenvalue weighted by Gasteiger charge is -2.28. The molecular weight excluding hydrogens is 332 g/mol. The van der Waals surface area contributed by atoms with E-state index in [9.17, 15) is 9.18 Å². The van der Waals surface area contributed by atoms with Gasteiger partial charge in [0.1, 0.15) is 29.8 Å². The predicted molar refractivity (Wildman–Crippen MR) is 87.1 cm³/mol. The Bertz CT molecular complexity index is 477. The lowest BCUT2D eigenvalue weighted by molar-refractivity contribution is -0.157. The Morgan fingerprint density at radius 1 is 1.23 bits per heavy atom. The average molecular weight is 354 g/mol. The van der Waals surface area contributed by atoms with Gasteiger partial charge < -0.3 is 15.2 Å². The van der Waals surface area contributed by atoms with Gasteiger partial charge in [0.25, 0.3) is 0 Å². The number of ether oxygens (including phenoxy) is 2. The maximum atomic E-state index is 13.3. The Kier molecular flexibility index (Phi) is 8.74. The molecule has 0 bridgehead atoms. The molecule has 0 saturated carbocycles. The van der Waals surface area contributed by atoms with Crippen LogP contribution in [0.1, 0.15) is 27.7 Å². The Balaban J connectivity index is 0.00000441. The molecule has 7 heteroatoms. The van der Waals surface area contributed by atoms with Crippen LogP contribution in [0.3, 0.4) is 0 Å². The Morgan fingerprint density at radius 2 is 1.82 bits per heavy atom. The standard InChI is InChI=1S/C15H21ClFNO3.ClH/c1-8(2)14(21-15(19)9(3)18)10(4)20-13-6-11(16)5-12(17)7-13;/h5-10,14H,18H2,1-4H3;1H/t9-,10-,14+;/m0./s1. The third-order valence-electron chi connectivity index (χ3n) is 2.90. The van der Waals surface area contributed by atoms with Crippen LogP contribution in [0.25, 0.3) is 0 Å². The summed E-state index contributed by atoms with van der Waals surface area (Å²) in [5, 5.41) is 0.242. The molecule has 0 fully saturated rings. The molecule has 0 radical (unpaired) electrons. The van der Waals surface area contributed by atoms with Crippen molar-refractivity contribution >= 4 is 30.0 Å². The Morgan fingerprint density at radius 3 is 2.27 bits per heavy atom. The van der Waals surface area contributed by atoms with Crippen molar-refractivity contribution in [2.45, 2.75) is 45.9 Å². The van der Waals surface area contributed by atoms with Crippen molar-refractivity contribution in [2.24, 2.45) is 11.7 Å². The van der Waals surface area contributed by atoms with Crippen LogP contribution >= 0.6 is 24.0 Å². The van der Waals surface area contributed by atoms with Crippen LogP contribution in [-0.2, 0) is 9.53 Å². The maximum Gasteiger partial charge on any atom is 0.323 e. The number of hydrogen-bond acceptors (Lipinski definition) is 4. The minimum absolute atomic E-state index is 0. The van der Waals surface area contributed by atoms with Gasteiger partial charge in [-0.05, 0) is 31.9 Å². The van der Waals surface area contributed by atoms with Gasteiger partial charge in [0.2, 0.25) is 0 Å². The molecule has 1 rings (SSSR count). The molecule has 2 N–H and O–H groups in total. The van der Waals surface area contributed by atoms with Crippen molar-refractivity contribution < 1.29 is 18.7 Å². The number of benzene rings is 1. The summed E-state index contributed by atoms with van der Waals surface area (Å²) in [6.07, 6.45) is -0.962. The minimum atomic E-state index is -0.706. The van der Waals surface area contributed by atoms with Gasteiger partial charge in [-0.15, -0.1) is 12.4 Å². The monoisotopic (exact) mass is 353 g/mol. The van der Waals surface area contributed by atoms with Gasteiger partial charge >= 0.3 is 5.97 Å². The van der Waals surface area contributed by atoms with Crippen LogP contribution in [0.5, 0.6) is 5.75 Å². The highest BCUT2D eigenvalue weighted by Crippen LogP contribution is 2.23. The van der Waals surface area contributed by atoms with E-state index in [1.165, 1.54) is 18.2 Å². The molecule has 0 heterocycles. The second kappa shape index (κ2) is 9.18. The third-order valence-corrected chi connectivity index (χ3v) is 3.12. The molecule has 3 atom stereocenters. The predicted octanol–water partition coefficient (Wildman–Crippen LogP) is 3.58. The molecule has 0 amide bonds.